The first-order valence-corrected chi connectivity index (χ1v) is 11.5. The standard InChI is InChI=1S/C15H21F2N3O5S2/c1-26(22,23)20-8-2-3-11(10-20)19-15(21)6-7-18-27(24,25)12-4-5-13(16)14(17)9-12/h4-5,9,11,18H,2-3,6-8,10H2,1H3,(H,19,21). The number of nitrogens with one attached hydrogen (secondary N) is 2. The van der Waals surface area contributed by atoms with Gasteiger partial charge in [0.05, 0.1) is 11.2 Å². The fourth-order valence-electron chi connectivity index (χ4n) is 2.69. The minimum Gasteiger partial charge on any atom is -0.352 e. The van der Waals surface area contributed by atoms with Crippen molar-refractivity contribution < 1.29 is 30.4 Å². The van der Waals surface area contributed by atoms with E-state index in [0.717, 1.165) is 12.3 Å². The molecular weight excluding hydrogens is 404 g/mol. The van der Waals surface area contributed by atoms with Crippen molar-refractivity contribution in [3.8, 4) is 0 Å². The molecule has 0 radical (unpaired) electrons. The second-order valence-corrected chi connectivity index (χ2v) is 10.0. The Hall–Kier alpha value is -1.63. The number of amides is 1. The monoisotopic (exact) mass is 425 g/mol. The molecule has 27 heavy (non-hydrogen) atoms. The third-order valence-corrected chi connectivity index (χ3v) is 6.79. The zero-order valence-corrected chi connectivity index (χ0v) is 16.2. The van der Waals surface area contributed by atoms with Crippen LogP contribution in [0.3, 0.4) is 0 Å². The maximum absolute atomic E-state index is 13.2. The van der Waals surface area contributed by atoms with Crippen molar-refractivity contribution in [3.05, 3.63) is 29.8 Å². The van der Waals surface area contributed by atoms with Crippen LogP contribution in [-0.2, 0) is 24.8 Å². The number of carbonyl (C=O) groups excluding carboxylic acids is 1. The van der Waals surface area contributed by atoms with Crippen LogP contribution in [0.15, 0.2) is 23.1 Å². The minimum atomic E-state index is -4.08. The van der Waals surface area contributed by atoms with Crippen LogP contribution >= 0.6 is 0 Å². The normalized spacial score (nSPS) is 19.0. The molecule has 0 aromatic heterocycles. The summed E-state index contributed by atoms with van der Waals surface area (Å²) >= 11 is 0. The van der Waals surface area contributed by atoms with Crippen LogP contribution in [0.5, 0.6) is 0 Å². The topological polar surface area (TPSA) is 113 Å². The number of sulfonamides is 2. The molecule has 1 fully saturated rings. The fraction of sp³-hybridized carbons (Fsp3) is 0.533. The van der Waals surface area contributed by atoms with Crippen LogP contribution in [0.1, 0.15) is 19.3 Å². The van der Waals surface area contributed by atoms with Crippen LogP contribution in [-0.4, -0.2) is 59.0 Å². The molecule has 0 saturated carbocycles. The number of piperidine rings is 1. The Bertz CT molecular complexity index is 906. The summed E-state index contributed by atoms with van der Waals surface area (Å²) in [5.74, 6) is -2.89. The molecule has 1 atom stereocenters. The number of rotatable bonds is 7. The molecular formula is C15H21F2N3O5S2. The molecule has 0 aliphatic carbocycles. The molecule has 152 valence electrons. The van der Waals surface area contributed by atoms with Crippen molar-refractivity contribution in [2.24, 2.45) is 0 Å². The lowest BCUT2D eigenvalue weighted by Crippen LogP contribution is -2.49. The van der Waals surface area contributed by atoms with Gasteiger partial charge in [0.15, 0.2) is 11.6 Å². The van der Waals surface area contributed by atoms with Crippen LogP contribution in [0.4, 0.5) is 8.78 Å². The molecule has 1 unspecified atom stereocenters. The van der Waals surface area contributed by atoms with Crippen LogP contribution < -0.4 is 10.0 Å². The van der Waals surface area contributed by atoms with Gasteiger partial charge >= 0.3 is 0 Å². The molecule has 1 aromatic carbocycles. The smallest absolute Gasteiger partial charge is 0.240 e. The summed E-state index contributed by atoms with van der Waals surface area (Å²) < 4.78 is 76.6. The van der Waals surface area contributed by atoms with E-state index in [-0.39, 0.29) is 25.6 Å². The Morgan fingerprint density at radius 2 is 1.93 bits per heavy atom. The molecule has 0 spiro atoms. The number of hydrogen-bond donors (Lipinski definition) is 2. The summed E-state index contributed by atoms with van der Waals surface area (Å²) in [5, 5.41) is 2.67. The highest BCUT2D eigenvalue weighted by molar-refractivity contribution is 7.89. The summed E-state index contributed by atoms with van der Waals surface area (Å²) in [5.41, 5.74) is 0. The summed E-state index contributed by atoms with van der Waals surface area (Å²) in [6.45, 7) is 0.333. The van der Waals surface area contributed by atoms with E-state index in [2.05, 4.69) is 10.0 Å². The maximum atomic E-state index is 13.2. The predicted octanol–water partition coefficient (Wildman–Crippen LogP) is 0.173. The Balaban J connectivity index is 1.84. The third kappa shape index (κ3) is 6.19. The second kappa shape index (κ2) is 8.59. The highest BCUT2D eigenvalue weighted by Crippen LogP contribution is 2.14. The Morgan fingerprint density at radius 3 is 2.56 bits per heavy atom. The first-order valence-electron chi connectivity index (χ1n) is 8.18. The van der Waals surface area contributed by atoms with E-state index in [0.29, 0.717) is 31.5 Å². The maximum Gasteiger partial charge on any atom is 0.240 e. The van der Waals surface area contributed by atoms with Gasteiger partial charge in [-0.05, 0) is 31.0 Å². The van der Waals surface area contributed by atoms with Crippen LogP contribution in [0, 0.1) is 11.6 Å². The molecule has 0 bridgehead atoms. The molecule has 12 heteroatoms. The molecule has 8 nitrogen and oxygen atoms in total. The van der Waals surface area contributed by atoms with Gasteiger partial charge in [-0.2, -0.15) is 0 Å². The zero-order valence-electron chi connectivity index (χ0n) is 14.6. The van der Waals surface area contributed by atoms with E-state index in [9.17, 15) is 30.4 Å². The van der Waals surface area contributed by atoms with Crippen LogP contribution in [0.25, 0.3) is 0 Å². The number of carbonyl (C=O) groups is 1. The van der Waals surface area contributed by atoms with Crippen LogP contribution in [0.2, 0.25) is 0 Å². The van der Waals surface area contributed by atoms with Crippen molar-refractivity contribution in [2.45, 2.75) is 30.2 Å². The molecule has 1 aromatic rings. The Labute approximate surface area is 157 Å². The van der Waals surface area contributed by atoms with E-state index >= 15 is 0 Å². The van der Waals surface area contributed by atoms with Gasteiger partial charge in [0.1, 0.15) is 0 Å². The predicted molar refractivity (Wildman–Crippen MR) is 93.7 cm³/mol. The fourth-order valence-corrected chi connectivity index (χ4v) is 4.64. The minimum absolute atomic E-state index is 0.172. The first-order chi connectivity index (χ1) is 12.5. The third-order valence-electron chi connectivity index (χ3n) is 4.06. The largest absolute Gasteiger partial charge is 0.352 e. The number of benzene rings is 1. The van der Waals surface area contributed by atoms with Gasteiger partial charge in [0, 0.05) is 32.1 Å². The quantitative estimate of drug-likeness (QED) is 0.647. The highest BCUT2D eigenvalue weighted by Gasteiger charge is 2.26. The lowest BCUT2D eigenvalue weighted by Gasteiger charge is -2.31. The Kier molecular flexibility index (Phi) is 6.89. The molecule has 2 rings (SSSR count). The van der Waals surface area contributed by atoms with Crippen molar-refractivity contribution in [3.63, 3.8) is 0 Å². The lowest BCUT2D eigenvalue weighted by atomic mass is 10.1. The SMILES string of the molecule is CS(=O)(=O)N1CCCC(NC(=O)CCNS(=O)(=O)c2ccc(F)c(F)c2)C1. The van der Waals surface area contributed by atoms with Gasteiger partial charge in [-0.25, -0.2) is 34.6 Å². The van der Waals surface area contributed by atoms with E-state index in [1.807, 2.05) is 0 Å². The van der Waals surface area contributed by atoms with Gasteiger partial charge in [0.2, 0.25) is 26.0 Å². The van der Waals surface area contributed by atoms with Gasteiger partial charge < -0.3 is 5.32 Å². The number of halogens is 2. The highest BCUT2D eigenvalue weighted by atomic mass is 32.2. The summed E-state index contributed by atoms with van der Waals surface area (Å²) in [4.78, 5) is 11.5. The average Bonchev–Trinajstić information content (AvgIpc) is 2.56. The van der Waals surface area contributed by atoms with Crippen molar-refractivity contribution >= 4 is 26.0 Å². The molecule has 1 aliphatic heterocycles. The second-order valence-electron chi connectivity index (χ2n) is 6.25. The van der Waals surface area contributed by atoms with Gasteiger partial charge in [0.25, 0.3) is 0 Å². The van der Waals surface area contributed by atoms with E-state index in [1.54, 1.807) is 0 Å². The van der Waals surface area contributed by atoms with E-state index in [4.69, 9.17) is 0 Å². The van der Waals surface area contributed by atoms with Crippen molar-refractivity contribution in [1.82, 2.24) is 14.3 Å². The molecule has 1 amide bonds. The summed E-state index contributed by atoms with van der Waals surface area (Å²) in [7, 11) is -7.42. The molecule has 1 aliphatic rings. The van der Waals surface area contributed by atoms with Crippen molar-refractivity contribution in [2.75, 3.05) is 25.9 Å². The number of nitrogens with zero attached hydrogens (tertiary/aromatic N) is 1. The average molecular weight is 425 g/mol. The van der Waals surface area contributed by atoms with Gasteiger partial charge in [-0.3, -0.25) is 4.79 Å². The molecule has 1 saturated heterocycles. The number of hydrogen-bond acceptors (Lipinski definition) is 5. The molecule has 2 N–H and O–H groups in total. The Morgan fingerprint density at radius 1 is 1.22 bits per heavy atom. The van der Waals surface area contributed by atoms with E-state index < -0.39 is 42.5 Å². The first kappa shape index (κ1) is 21.7. The molecule has 1 heterocycles. The van der Waals surface area contributed by atoms with E-state index in [1.165, 1.54) is 4.31 Å². The summed E-state index contributed by atoms with van der Waals surface area (Å²) in [6, 6.07) is 1.83. The lowest BCUT2D eigenvalue weighted by molar-refractivity contribution is -0.121. The van der Waals surface area contributed by atoms with Crippen molar-refractivity contribution in [1.29, 1.82) is 0 Å². The summed E-state index contributed by atoms with van der Waals surface area (Å²) in [6.07, 6.45) is 2.15. The van der Waals surface area contributed by atoms with Gasteiger partial charge in [-0.1, -0.05) is 0 Å². The van der Waals surface area contributed by atoms with Gasteiger partial charge in [-0.15, -0.1) is 0 Å². The zero-order chi connectivity index (χ0) is 20.2.